The molecule has 1 aromatic carbocycles. The molecule has 1 heterocycles. The summed E-state index contributed by atoms with van der Waals surface area (Å²) in [5.74, 6) is 2.56. The molecule has 0 atom stereocenters. The van der Waals surface area contributed by atoms with Crippen LogP contribution in [0.4, 0.5) is 0 Å². The third-order valence-electron chi connectivity index (χ3n) is 4.25. The van der Waals surface area contributed by atoms with Gasteiger partial charge in [0.15, 0.2) is 5.96 Å². The van der Waals surface area contributed by atoms with E-state index in [4.69, 9.17) is 0 Å². The zero-order valence-corrected chi connectivity index (χ0v) is 16.9. The summed E-state index contributed by atoms with van der Waals surface area (Å²) in [5.41, 5.74) is 2.46. The normalized spacial score (nSPS) is 16.7. The number of guanidine groups is 1. The van der Waals surface area contributed by atoms with E-state index < -0.39 is 10.0 Å². The Bertz CT molecular complexity index is 686. The second kappa shape index (κ2) is 9.45. The summed E-state index contributed by atoms with van der Waals surface area (Å²) in [4.78, 5) is 6.27. The predicted molar refractivity (Wildman–Crippen MR) is 107 cm³/mol. The first-order valence-electron chi connectivity index (χ1n) is 8.46. The summed E-state index contributed by atoms with van der Waals surface area (Å²) >= 11 is 1.81. The van der Waals surface area contributed by atoms with E-state index in [0.717, 1.165) is 18.1 Å². The summed E-state index contributed by atoms with van der Waals surface area (Å²) in [6.07, 6.45) is 0. The SMILES string of the molecule is CN=C(NCCS(=O)(=O)N1CCSCC1)N(C)Cc1ccccc1C. The fourth-order valence-corrected chi connectivity index (χ4v) is 5.24. The number of thioether (sulfide) groups is 1. The highest BCUT2D eigenvalue weighted by Gasteiger charge is 2.23. The van der Waals surface area contributed by atoms with Crippen LogP contribution in [0.25, 0.3) is 0 Å². The molecular weight excluding hydrogens is 356 g/mol. The molecule has 0 aliphatic carbocycles. The van der Waals surface area contributed by atoms with Gasteiger partial charge in [-0.2, -0.15) is 11.8 Å². The van der Waals surface area contributed by atoms with Crippen LogP contribution in [0.5, 0.6) is 0 Å². The van der Waals surface area contributed by atoms with E-state index in [2.05, 4.69) is 29.4 Å². The average Bonchev–Trinajstić information content (AvgIpc) is 2.61. The molecule has 0 saturated carbocycles. The quantitative estimate of drug-likeness (QED) is 0.593. The molecule has 0 aromatic heterocycles. The minimum Gasteiger partial charge on any atom is -0.355 e. The van der Waals surface area contributed by atoms with Crippen LogP contribution in [0.1, 0.15) is 11.1 Å². The molecule has 1 saturated heterocycles. The molecule has 0 spiro atoms. The molecular formula is C17H28N4O2S2. The van der Waals surface area contributed by atoms with Crippen molar-refractivity contribution in [3.8, 4) is 0 Å². The van der Waals surface area contributed by atoms with Gasteiger partial charge in [-0.25, -0.2) is 12.7 Å². The van der Waals surface area contributed by atoms with E-state index in [9.17, 15) is 8.42 Å². The Morgan fingerprint density at radius 3 is 2.64 bits per heavy atom. The van der Waals surface area contributed by atoms with Gasteiger partial charge in [0.2, 0.25) is 10.0 Å². The Hall–Kier alpha value is -1.25. The molecule has 1 fully saturated rings. The third-order valence-corrected chi connectivity index (χ3v) is 7.06. The Balaban J connectivity index is 1.86. The molecule has 1 aliphatic heterocycles. The van der Waals surface area contributed by atoms with Crippen molar-refractivity contribution < 1.29 is 8.42 Å². The van der Waals surface area contributed by atoms with Crippen molar-refractivity contribution in [3.63, 3.8) is 0 Å². The second-order valence-corrected chi connectivity index (χ2v) is 9.40. The van der Waals surface area contributed by atoms with E-state index in [-0.39, 0.29) is 5.75 Å². The summed E-state index contributed by atoms with van der Waals surface area (Å²) in [7, 11) is 0.477. The maximum absolute atomic E-state index is 12.4. The molecule has 8 heteroatoms. The highest BCUT2D eigenvalue weighted by molar-refractivity contribution is 7.99. The van der Waals surface area contributed by atoms with Gasteiger partial charge in [0.25, 0.3) is 0 Å². The van der Waals surface area contributed by atoms with Gasteiger partial charge in [-0.15, -0.1) is 0 Å². The van der Waals surface area contributed by atoms with Crippen molar-refractivity contribution in [1.82, 2.24) is 14.5 Å². The molecule has 6 nitrogen and oxygen atoms in total. The number of rotatable bonds is 6. The van der Waals surface area contributed by atoms with Gasteiger partial charge in [0.05, 0.1) is 5.75 Å². The van der Waals surface area contributed by atoms with Crippen molar-refractivity contribution in [3.05, 3.63) is 35.4 Å². The lowest BCUT2D eigenvalue weighted by Gasteiger charge is -2.26. The lowest BCUT2D eigenvalue weighted by molar-refractivity contribution is 0.442. The van der Waals surface area contributed by atoms with Crippen LogP contribution in [0.15, 0.2) is 29.3 Å². The minimum absolute atomic E-state index is 0.0922. The highest BCUT2D eigenvalue weighted by Crippen LogP contribution is 2.13. The predicted octanol–water partition coefficient (Wildman–Crippen LogP) is 1.38. The molecule has 140 valence electrons. The first kappa shape index (κ1) is 20.1. The number of hydrogen-bond donors (Lipinski definition) is 1. The standard InChI is InChI=1S/C17H28N4O2S2/c1-15-6-4-5-7-16(15)14-20(3)17(18-2)19-8-13-25(22,23)21-9-11-24-12-10-21/h4-7H,8-14H2,1-3H3,(H,18,19). The lowest BCUT2D eigenvalue weighted by Crippen LogP contribution is -2.44. The van der Waals surface area contributed by atoms with Crippen molar-refractivity contribution in [2.75, 3.05) is 51.0 Å². The van der Waals surface area contributed by atoms with Crippen molar-refractivity contribution in [2.45, 2.75) is 13.5 Å². The van der Waals surface area contributed by atoms with E-state index in [0.29, 0.717) is 25.6 Å². The van der Waals surface area contributed by atoms with E-state index >= 15 is 0 Å². The summed E-state index contributed by atoms with van der Waals surface area (Å²) in [5, 5.41) is 3.17. The van der Waals surface area contributed by atoms with Gasteiger partial charge < -0.3 is 10.2 Å². The van der Waals surface area contributed by atoms with Gasteiger partial charge in [-0.1, -0.05) is 24.3 Å². The third kappa shape index (κ3) is 5.90. The monoisotopic (exact) mass is 384 g/mol. The Labute approximate surface area is 155 Å². The number of nitrogens with one attached hydrogen (secondary N) is 1. The van der Waals surface area contributed by atoms with Gasteiger partial charge in [0.1, 0.15) is 0 Å². The van der Waals surface area contributed by atoms with Crippen molar-refractivity contribution in [2.24, 2.45) is 4.99 Å². The molecule has 1 aliphatic rings. The van der Waals surface area contributed by atoms with Crippen LogP contribution >= 0.6 is 11.8 Å². The molecule has 25 heavy (non-hydrogen) atoms. The number of benzene rings is 1. The zero-order chi connectivity index (χ0) is 18.3. The average molecular weight is 385 g/mol. The molecule has 0 amide bonds. The van der Waals surface area contributed by atoms with Crippen LogP contribution in [0.3, 0.4) is 0 Å². The maximum Gasteiger partial charge on any atom is 0.215 e. The molecule has 2 rings (SSSR count). The maximum atomic E-state index is 12.4. The first-order chi connectivity index (χ1) is 11.9. The van der Waals surface area contributed by atoms with Gasteiger partial charge in [-0.3, -0.25) is 4.99 Å². The number of nitrogens with zero attached hydrogens (tertiary/aromatic N) is 3. The largest absolute Gasteiger partial charge is 0.355 e. The number of sulfonamides is 1. The summed E-state index contributed by atoms with van der Waals surface area (Å²) in [6.45, 7) is 4.41. The van der Waals surface area contributed by atoms with E-state index in [1.54, 1.807) is 23.1 Å². The fourth-order valence-electron chi connectivity index (χ4n) is 2.75. The van der Waals surface area contributed by atoms with Crippen LogP contribution < -0.4 is 5.32 Å². The Kier molecular flexibility index (Phi) is 7.58. The second-order valence-electron chi connectivity index (χ2n) is 6.08. The topological polar surface area (TPSA) is 65.0 Å². The first-order valence-corrected chi connectivity index (χ1v) is 11.2. The van der Waals surface area contributed by atoms with Gasteiger partial charge >= 0.3 is 0 Å². The molecule has 0 bridgehead atoms. The van der Waals surface area contributed by atoms with E-state index in [1.165, 1.54) is 11.1 Å². The van der Waals surface area contributed by atoms with Crippen molar-refractivity contribution in [1.29, 1.82) is 0 Å². The van der Waals surface area contributed by atoms with Crippen LogP contribution in [0.2, 0.25) is 0 Å². The zero-order valence-electron chi connectivity index (χ0n) is 15.2. The minimum atomic E-state index is -3.19. The summed E-state index contributed by atoms with van der Waals surface area (Å²) in [6, 6.07) is 8.23. The van der Waals surface area contributed by atoms with Crippen molar-refractivity contribution >= 4 is 27.7 Å². The molecule has 0 radical (unpaired) electrons. The number of aryl methyl sites for hydroxylation is 1. The van der Waals surface area contributed by atoms with Gasteiger partial charge in [0, 0.05) is 51.8 Å². The molecule has 1 aromatic rings. The van der Waals surface area contributed by atoms with Crippen LogP contribution in [0, 0.1) is 6.92 Å². The fraction of sp³-hybridized carbons (Fsp3) is 0.588. The summed E-state index contributed by atoms with van der Waals surface area (Å²) < 4.78 is 26.4. The van der Waals surface area contributed by atoms with E-state index in [1.807, 2.05) is 24.1 Å². The highest BCUT2D eigenvalue weighted by atomic mass is 32.2. The number of aliphatic imine (C=N–C) groups is 1. The number of hydrogen-bond acceptors (Lipinski definition) is 4. The lowest BCUT2D eigenvalue weighted by atomic mass is 10.1. The van der Waals surface area contributed by atoms with Gasteiger partial charge in [-0.05, 0) is 18.1 Å². The Morgan fingerprint density at radius 1 is 1.32 bits per heavy atom. The van der Waals surface area contributed by atoms with Crippen LogP contribution in [-0.2, 0) is 16.6 Å². The van der Waals surface area contributed by atoms with Crippen LogP contribution in [-0.4, -0.2) is 74.6 Å². The smallest absolute Gasteiger partial charge is 0.215 e. The molecule has 1 N–H and O–H groups in total. The molecule has 0 unspecified atom stereocenters. The Morgan fingerprint density at radius 2 is 2.00 bits per heavy atom.